The Morgan fingerprint density at radius 3 is 2.26 bits per heavy atom. The van der Waals surface area contributed by atoms with Crippen molar-refractivity contribution in [3.8, 4) is 0 Å². The largest absolute Gasteiger partial charge is 0.367 e. The summed E-state index contributed by atoms with van der Waals surface area (Å²) >= 11 is 0. The molecule has 0 aromatic heterocycles. The minimum absolute atomic E-state index is 0.113. The van der Waals surface area contributed by atoms with Gasteiger partial charge >= 0.3 is 0 Å². The lowest BCUT2D eigenvalue weighted by molar-refractivity contribution is 0.188. The lowest BCUT2D eigenvalue weighted by atomic mass is 10.0. The van der Waals surface area contributed by atoms with Gasteiger partial charge in [0.1, 0.15) is 5.82 Å². The second-order valence-electron chi connectivity index (χ2n) is 6.35. The summed E-state index contributed by atoms with van der Waals surface area (Å²) in [6.45, 7) is 6.11. The van der Waals surface area contributed by atoms with E-state index in [-0.39, 0.29) is 5.82 Å². The Morgan fingerprint density at radius 1 is 0.913 bits per heavy atom. The van der Waals surface area contributed by atoms with E-state index in [0.717, 1.165) is 38.3 Å². The zero-order chi connectivity index (χ0) is 16.1. The van der Waals surface area contributed by atoms with Gasteiger partial charge in [0.2, 0.25) is 0 Å². The fourth-order valence-electron chi connectivity index (χ4n) is 3.31. The summed E-state index contributed by atoms with van der Waals surface area (Å²) in [5.74, 6) is -0.113. The maximum absolute atomic E-state index is 13.9. The highest BCUT2D eigenvalue weighted by Gasteiger charge is 2.22. The predicted octanol–water partition coefficient (Wildman–Crippen LogP) is 3.97. The van der Waals surface area contributed by atoms with E-state index in [1.807, 2.05) is 12.1 Å². The van der Waals surface area contributed by atoms with Gasteiger partial charge in [-0.1, -0.05) is 42.5 Å². The highest BCUT2D eigenvalue weighted by molar-refractivity contribution is 5.48. The Morgan fingerprint density at radius 2 is 1.57 bits per heavy atom. The third-order valence-electron chi connectivity index (χ3n) is 4.82. The van der Waals surface area contributed by atoms with Crippen LogP contribution >= 0.6 is 0 Å². The summed E-state index contributed by atoms with van der Waals surface area (Å²) in [4.78, 5) is 4.69. The van der Waals surface area contributed by atoms with Crippen molar-refractivity contribution in [3.05, 3.63) is 66.0 Å². The molecule has 0 N–H and O–H groups in total. The lowest BCUT2D eigenvalue weighted by Crippen LogP contribution is -2.50. The molecule has 1 atom stereocenters. The molecule has 0 amide bonds. The molecule has 0 bridgehead atoms. The van der Waals surface area contributed by atoms with Crippen LogP contribution in [0, 0.1) is 5.82 Å². The first-order chi connectivity index (χ1) is 11.2. The van der Waals surface area contributed by atoms with Crippen molar-refractivity contribution in [1.29, 1.82) is 0 Å². The van der Waals surface area contributed by atoms with Gasteiger partial charge in [-0.05, 0) is 37.5 Å². The monoisotopic (exact) mass is 312 g/mol. The van der Waals surface area contributed by atoms with Crippen LogP contribution in [0.1, 0.15) is 18.9 Å². The fraction of sp³-hybridized carbons (Fsp3) is 0.400. The van der Waals surface area contributed by atoms with Crippen molar-refractivity contribution >= 4 is 5.69 Å². The van der Waals surface area contributed by atoms with E-state index in [9.17, 15) is 4.39 Å². The quantitative estimate of drug-likeness (QED) is 0.824. The number of piperazine rings is 1. The summed E-state index contributed by atoms with van der Waals surface area (Å²) in [7, 11) is 0. The van der Waals surface area contributed by atoms with Gasteiger partial charge in [0.25, 0.3) is 0 Å². The third-order valence-corrected chi connectivity index (χ3v) is 4.82. The number of halogens is 1. The van der Waals surface area contributed by atoms with Gasteiger partial charge in [-0.15, -0.1) is 0 Å². The summed E-state index contributed by atoms with van der Waals surface area (Å²) in [6, 6.07) is 18.3. The molecule has 3 heteroatoms. The number of hydrogen-bond acceptors (Lipinski definition) is 2. The first-order valence-electron chi connectivity index (χ1n) is 8.51. The maximum atomic E-state index is 13.9. The van der Waals surface area contributed by atoms with E-state index < -0.39 is 0 Å². The highest BCUT2D eigenvalue weighted by Crippen LogP contribution is 2.21. The molecule has 23 heavy (non-hydrogen) atoms. The molecule has 0 radical (unpaired) electrons. The van der Waals surface area contributed by atoms with E-state index in [1.54, 1.807) is 12.1 Å². The van der Waals surface area contributed by atoms with Gasteiger partial charge < -0.3 is 4.90 Å². The van der Waals surface area contributed by atoms with Crippen LogP contribution in [0.4, 0.5) is 10.1 Å². The molecule has 1 aliphatic rings. The lowest BCUT2D eigenvalue weighted by Gasteiger charge is -2.39. The van der Waals surface area contributed by atoms with Gasteiger partial charge in [-0.2, -0.15) is 0 Å². The molecule has 1 heterocycles. The molecular weight excluding hydrogens is 287 g/mol. The fourth-order valence-corrected chi connectivity index (χ4v) is 3.31. The second kappa shape index (κ2) is 7.60. The van der Waals surface area contributed by atoms with Gasteiger partial charge in [0.15, 0.2) is 0 Å². The second-order valence-corrected chi connectivity index (χ2v) is 6.35. The van der Waals surface area contributed by atoms with Crippen LogP contribution in [0.3, 0.4) is 0 Å². The van der Waals surface area contributed by atoms with Crippen LogP contribution < -0.4 is 4.90 Å². The van der Waals surface area contributed by atoms with E-state index in [0.29, 0.717) is 6.04 Å². The normalized spacial score (nSPS) is 17.2. The van der Waals surface area contributed by atoms with Gasteiger partial charge in [0, 0.05) is 32.2 Å². The number of rotatable bonds is 5. The molecule has 2 aromatic carbocycles. The standard InChI is InChI=1S/C20H25FN2/c1-17(11-12-18-7-3-2-4-8-18)22-13-15-23(16-14-22)20-10-6-5-9-19(20)21/h2-10,17H,11-16H2,1H3. The zero-order valence-electron chi connectivity index (χ0n) is 13.8. The average molecular weight is 312 g/mol. The minimum atomic E-state index is -0.113. The Bertz CT molecular complexity index is 606. The molecule has 1 fully saturated rings. The molecule has 1 aliphatic heterocycles. The summed E-state index contributed by atoms with van der Waals surface area (Å²) in [6.07, 6.45) is 2.29. The molecule has 3 rings (SSSR count). The van der Waals surface area contributed by atoms with Crippen LogP contribution in [0.15, 0.2) is 54.6 Å². The number of benzene rings is 2. The summed E-state index contributed by atoms with van der Waals surface area (Å²) in [5.41, 5.74) is 2.15. The van der Waals surface area contributed by atoms with Gasteiger partial charge in [0.05, 0.1) is 5.69 Å². The van der Waals surface area contributed by atoms with Crippen LogP contribution in [0.5, 0.6) is 0 Å². The molecule has 0 spiro atoms. The Balaban J connectivity index is 1.49. The topological polar surface area (TPSA) is 6.48 Å². The maximum Gasteiger partial charge on any atom is 0.146 e. The molecule has 122 valence electrons. The zero-order valence-corrected chi connectivity index (χ0v) is 13.8. The van der Waals surface area contributed by atoms with Gasteiger partial charge in [-0.3, -0.25) is 4.90 Å². The Kier molecular flexibility index (Phi) is 5.29. The molecule has 2 aromatic rings. The molecule has 1 saturated heterocycles. The van der Waals surface area contributed by atoms with Crippen molar-refractivity contribution in [3.63, 3.8) is 0 Å². The van der Waals surface area contributed by atoms with E-state index in [2.05, 4.69) is 47.1 Å². The SMILES string of the molecule is CC(CCc1ccccc1)N1CCN(c2ccccc2F)CC1. The van der Waals surface area contributed by atoms with E-state index in [1.165, 1.54) is 12.0 Å². The predicted molar refractivity (Wildman–Crippen MR) is 94.4 cm³/mol. The smallest absolute Gasteiger partial charge is 0.146 e. The number of para-hydroxylation sites is 1. The van der Waals surface area contributed by atoms with Crippen molar-refractivity contribution in [2.75, 3.05) is 31.1 Å². The molecule has 2 nitrogen and oxygen atoms in total. The van der Waals surface area contributed by atoms with E-state index in [4.69, 9.17) is 0 Å². The Labute approximate surface area is 138 Å². The first-order valence-corrected chi connectivity index (χ1v) is 8.51. The molecular formula is C20H25FN2. The molecule has 0 aliphatic carbocycles. The molecule has 0 saturated carbocycles. The van der Waals surface area contributed by atoms with Crippen LogP contribution in [0.25, 0.3) is 0 Å². The van der Waals surface area contributed by atoms with E-state index >= 15 is 0 Å². The van der Waals surface area contributed by atoms with Crippen molar-refractivity contribution < 1.29 is 4.39 Å². The third kappa shape index (κ3) is 4.11. The Hall–Kier alpha value is -1.87. The minimum Gasteiger partial charge on any atom is -0.367 e. The van der Waals surface area contributed by atoms with Crippen LogP contribution in [-0.4, -0.2) is 37.1 Å². The number of anilines is 1. The summed E-state index contributed by atoms with van der Waals surface area (Å²) < 4.78 is 13.9. The molecule has 1 unspecified atom stereocenters. The van der Waals surface area contributed by atoms with Crippen molar-refractivity contribution in [1.82, 2.24) is 4.90 Å². The number of aryl methyl sites for hydroxylation is 1. The van der Waals surface area contributed by atoms with Gasteiger partial charge in [-0.25, -0.2) is 4.39 Å². The van der Waals surface area contributed by atoms with Crippen molar-refractivity contribution in [2.45, 2.75) is 25.8 Å². The van der Waals surface area contributed by atoms with Crippen molar-refractivity contribution in [2.24, 2.45) is 0 Å². The average Bonchev–Trinajstić information content (AvgIpc) is 2.61. The van der Waals surface area contributed by atoms with Crippen LogP contribution in [-0.2, 0) is 6.42 Å². The summed E-state index contributed by atoms with van der Waals surface area (Å²) in [5, 5.41) is 0. The highest BCUT2D eigenvalue weighted by atomic mass is 19.1. The van der Waals surface area contributed by atoms with Crippen LogP contribution in [0.2, 0.25) is 0 Å². The number of hydrogen-bond donors (Lipinski definition) is 0. The number of nitrogens with zero attached hydrogens (tertiary/aromatic N) is 2. The first kappa shape index (κ1) is 16.0.